The van der Waals surface area contributed by atoms with Crippen molar-refractivity contribution in [2.45, 2.75) is 13.1 Å². The zero-order valence-corrected chi connectivity index (χ0v) is 12.8. The number of hydrogen-bond acceptors (Lipinski definition) is 3. The highest BCUT2D eigenvalue weighted by Crippen LogP contribution is 2.14. The molecule has 1 heterocycles. The minimum absolute atomic E-state index is 0.777. The fourth-order valence-corrected chi connectivity index (χ4v) is 2.26. The molecule has 3 nitrogen and oxygen atoms in total. The molecule has 4 heteroatoms. The van der Waals surface area contributed by atoms with E-state index in [0.29, 0.717) is 0 Å². The van der Waals surface area contributed by atoms with E-state index in [1.807, 2.05) is 6.20 Å². The molecule has 1 aromatic heterocycles. The van der Waals surface area contributed by atoms with E-state index in [9.17, 15) is 0 Å². The second kappa shape index (κ2) is 6.68. The molecule has 1 N–H and O–H groups in total. The number of halogens is 1. The number of rotatable bonds is 5. The van der Waals surface area contributed by atoms with Crippen molar-refractivity contribution >= 4 is 21.6 Å². The summed E-state index contributed by atoms with van der Waals surface area (Å²) in [4.78, 5) is 6.31. The highest BCUT2D eigenvalue weighted by Gasteiger charge is 1.98. The van der Waals surface area contributed by atoms with E-state index in [0.717, 1.165) is 28.8 Å². The second-order valence-electron chi connectivity index (χ2n) is 4.80. The van der Waals surface area contributed by atoms with Gasteiger partial charge in [0.2, 0.25) is 0 Å². The van der Waals surface area contributed by atoms with Gasteiger partial charge in [-0.25, -0.2) is 0 Å². The lowest BCUT2D eigenvalue weighted by molar-refractivity contribution is 0.402. The SMILES string of the molecule is CN(C)Cc1ccc(NCc2cncc(Br)c2)cc1. The Bertz CT molecular complexity index is 523. The summed E-state index contributed by atoms with van der Waals surface area (Å²) >= 11 is 3.43. The molecule has 0 radical (unpaired) electrons. The number of hydrogen-bond donors (Lipinski definition) is 1. The van der Waals surface area contributed by atoms with Crippen LogP contribution in [0.1, 0.15) is 11.1 Å². The molecule has 0 amide bonds. The highest BCUT2D eigenvalue weighted by atomic mass is 79.9. The van der Waals surface area contributed by atoms with E-state index < -0.39 is 0 Å². The Kier molecular flexibility index (Phi) is 4.93. The molecule has 0 spiro atoms. The fraction of sp³-hybridized carbons (Fsp3) is 0.267. The standard InChI is InChI=1S/C15H18BrN3/c1-19(2)11-12-3-5-15(6-4-12)18-9-13-7-14(16)10-17-8-13/h3-8,10,18H,9,11H2,1-2H3. The lowest BCUT2D eigenvalue weighted by atomic mass is 10.2. The van der Waals surface area contributed by atoms with E-state index >= 15 is 0 Å². The largest absolute Gasteiger partial charge is 0.381 e. The molecule has 0 unspecified atom stereocenters. The molecule has 0 aliphatic rings. The Labute approximate surface area is 122 Å². The smallest absolute Gasteiger partial charge is 0.0416 e. The maximum Gasteiger partial charge on any atom is 0.0416 e. The number of aromatic nitrogens is 1. The van der Waals surface area contributed by atoms with E-state index in [4.69, 9.17) is 0 Å². The summed E-state index contributed by atoms with van der Waals surface area (Å²) in [7, 11) is 4.15. The van der Waals surface area contributed by atoms with Gasteiger partial charge in [0.1, 0.15) is 0 Å². The van der Waals surface area contributed by atoms with Crippen LogP contribution in [0.2, 0.25) is 0 Å². The van der Waals surface area contributed by atoms with Gasteiger partial charge in [-0.05, 0) is 59.4 Å². The van der Waals surface area contributed by atoms with Gasteiger partial charge in [0.05, 0.1) is 0 Å². The number of nitrogens with one attached hydrogen (secondary N) is 1. The van der Waals surface area contributed by atoms with Gasteiger partial charge in [0.25, 0.3) is 0 Å². The molecule has 0 aliphatic carbocycles. The molecule has 2 rings (SSSR count). The first kappa shape index (κ1) is 14.0. The Morgan fingerprint density at radius 2 is 1.84 bits per heavy atom. The first-order valence-corrected chi connectivity index (χ1v) is 7.00. The van der Waals surface area contributed by atoms with Crippen LogP contribution in [-0.2, 0) is 13.1 Å². The van der Waals surface area contributed by atoms with Crippen LogP contribution in [0.4, 0.5) is 5.69 Å². The summed E-state index contributed by atoms with van der Waals surface area (Å²) in [5.74, 6) is 0. The van der Waals surface area contributed by atoms with Gasteiger partial charge >= 0.3 is 0 Å². The van der Waals surface area contributed by atoms with E-state index in [2.05, 4.69) is 75.6 Å². The van der Waals surface area contributed by atoms with Gasteiger partial charge in [-0.15, -0.1) is 0 Å². The molecule has 2 aromatic rings. The maximum atomic E-state index is 4.15. The summed E-state index contributed by atoms with van der Waals surface area (Å²) in [6.07, 6.45) is 3.66. The molecular weight excluding hydrogens is 302 g/mol. The average molecular weight is 320 g/mol. The molecule has 0 saturated carbocycles. The van der Waals surface area contributed by atoms with Crippen molar-refractivity contribution < 1.29 is 0 Å². The Hall–Kier alpha value is -1.39. The van der Waals surface area contributed by atoms with Crippen molar-refractivity contribution in [2.75, 3.05) is 19.4 Å². The van der Waals surface area contributed by atoms with Crippen LogP contribution in [0.3, 0.4) is 0 Å². The van der Waals surface area contributed by atoms with Gasteiger partial charge in [-0.2, -0.15) is 0 Å². The Morgan fingerprint density at radius 3 is 2.47 bits per heavy atom. The summed E-state index contributed by atoms with van der Waals surface area (Å²) in [6, 6.07) is 10.6. The van der Waals surface area contributed by atoms with Crippen molar-refractivity contribution in [3.05, 3.63) is 58.3 Å². The number of pyridine rings is 1. The van der Waals surface area contributed by atoms with Crippen molar-refractivity contribution in [1.29, 1.82) is 0 Å². The zero-order valence-electron chi connectivity index (χ0n) is 11.2. The molecule has 19 heavy (non-hydrogen) atoms. The third-order valence-electron chi connectivity index (χ3n) is 2.71. The van der Waals surface area contributed by atoms with Crippen molar-refractivity contribution in [2.24, 2.45) is 0 Å². The van der Waals surface area contributed by atoms with Crippen LogP contribution < -0.4 is 5.32 Å². The predicted octanol–water partition coefficient (Wildman–Crippen LogP) is 3.52. The highest BCUT2D eigenvalue weighted by molar-refractivity contribution is 9.10. The van der Waals surface area contributed by atoms with Crippen molar-refractivity contribution in [3.63, 3.8) is 0 Å². The monoisotopic (exact) mass is 319 g/mol. The molecule has 0 aliphatic heterocycles. The second-order valence-corrected chi connectivity index (χ2v) is 5.72. The molecular formula is C15H18BrN3. The normalized spacial score (nSPS) is 10.7. The number of nitrogens with zero attached hydrogens (tertiary/aromatic N) is 2. The first-order chi connectivity index (χ1) is 9.13. The van der Waals surface area contributed by atoms with Gasteiger partial charge < -0.3 is 10.2 Å². The molecule has 0 atom stereocenters. The van der Waals surface area contributed by atoms with Crippen LogP contribution in [0.15, 0.2) is 47.2 Å². The van der Waals surface area contributed by atoms with Crippen LogP contribution in [0.25, 0.3) is 0 Å². The summed E-state index contributed by atoms with van der Waals surface area (Å²) < 4.78 is 1.01. The predicted molar refractivity (Wildman–Crippen MR) is 83.1 cm³/mol. The van der Waals surface area contributed by atoms with Crippen molar-refractivity contribution in [3.8, 4) is 0 Å². The maximum absolute atomic E-state index is 4.15. The minimum Gasteiger partial charge on any atom is -0.381 e. The fourth-order valence-electron chi connectivity index (χ4n) is 1.85. The van der Waals surface area contributed by atoms with E-state index in [1.165, 1.54) is 5.56 Å². The minimum atomic E-state index is 0.777. The number of anilines is 1. The lowest BCUT2D eigenvalue weighted by Crippen LogP contribution is -2.10. The van der Waals surface area contributed by atoms with Crippen LogP contribution in [-0.4, -0.2) is 24.0 Å². The molecule has 1 aromatic carbocycles. The Balaban J connectivity index is 1.93. The lowest BCUT2D eigenvalue weighted by Gasteiger charge is -2.11. The van der Waals surface area contributed by atoms with Crippen LogP contribution >= 0.6 is 15.9 Å². The van der Waals surface area contributed by atoms with Crippen molar-refractivity contribution in [1.82, 2.24) is 9.88 Å². The zero-order chi connectivity index (χ0) is 13.7. The van der Waals surface area contributed by atoms with Gasteiger partial charge in [-0.1, -0.05) is 12.1 Å². The third-order valence-corrected chi connectivity index (χ3v) is 3.14. The molecule has 0 bridgehead atoms. The number of benzene rings is 1. The molecule has 100 valence electrons. The molecule has 0 fully saturated rings. The van der Waals surface area contributed by atoms with Gasteiger partial charge in [0, 0.05) is 35.6 Å². The average Bonchev–Trinajstić information content (AvgIpc) is 2.37. The third kappa shape index (κ3) is 4.65. The van der Waals surface area contributed by atoms with E-state index in [1.54, 1.807) is 6.20 Å². The molecule has 0 saturated heterocycles. The topological polar surface area (TPSA) is 28.2 Å². The summed E-state index contributed by atoms with van der Waals surface area (Å²) in [5.41, 5.74) is 3.61. The first-order valence-electron chi connectivity index (χ1n) is 6.20. The summed E-state index contributed by atoms with van der Waals surface area (Å²) in [6.45, 7) is 1.75. The van der Waals surface area contributed by atoms with Gasteiger partial charge in [-0.3, -0.25) is 4.98 Å². The van der Waals surface area contributed by atoms with Crippen LogP contribution in [0.5, 0.6) is 0 Å². The Morgan fingerprint density at radius 1 is 1.11 bits per heavy atom. The summed E-state index contributed by atoms with van der Waals surface area (Å²) in [5, 5.41) is 3.39. The van der Waals surface area contributed by atoms with Crippen LogP contribution in [0, 0.1) is 0 Å². The van der Waals surface area contributed by atoms with E-state index in [-0.39, 0.29) is 0 Å². The van der Waals surface area contributed by atoms with Gasteiger partial charge in [0.15, 0.2) is 0 Å². The quantitative estimate of drug-likeness (QED) is 0.914.